The molecule has 0 unspecified atom stereocenters. The van der Waals surface area contributed by atoms with Gasteiger partial charge in [0, 0.05) is 24.3 Å². The van der Waals surface area contributed by atoms with Gasteiger partial charge in [0.25, 0.3) is 0 Å². The molecule has 12 heteroatoms. The molecule has 0 aliphatic heterocycles. The van der Waals surface area contributed by atoms with Crippen molar-refractivity contribution in [3.63, 3.8) is 0 Å². The summed E-state index contributed by atoms with van der Waals surface area (Å²) in [7, 11) is 2.49. The number of nitro benzene ring substituents is 2. The molecule has 0 saturated heterocycles. The number of hydrogen-bond acceptors (Lipinski definition) is 10. The minimum atomic E-state index is -0.742. The third-order valence-electron chi connectivity index (χ3n) is 4.53. The number of benzene rings is 2. The van der Waals surface area contributed by atoms with Crippen LogP contribution in [0.5, 0.6) is 23.0 Å². The second-order valence-electron chi connectivity index (χ2n) is 6.47. The van der Waals surface area contributed by atoms with E-state index in [0.717, 1.165) is 12.1 Å². The second kappa shape index (κ2) is 8.65. The fourth-order valence-corrected chi connectivity index (χ4v) is 2.84. The van der Waals surface area contributed by atoms with Crippen LogP contribution >= 0.6 is 0 Å². The molecule has 0 radical (unpaired) electrons. The smallest absolute Gasteiger partial charge is 0.315 e. The summed E-state index contributed by atoms with van der Waals surface area (Å²) in [5, 5.41) is 21.8. The van der Waals surface area contributed by atoms with Gasteiger partial charge in [0.2, 0.25) is 11.5 Å². The maximum Gasteiger partial charge on any atom is 0.315 e. The van der Waals surface area contributed by atoms with Gasteiger partial charge in [-0.2, -0.15) is 0 Å². The summed E-state index contributed by atoms with van der Waals surface area (Å²) >= 11 is 0. The van der Waals surface area contributed by atoms with E-state index in [1.165, 1.54) is 38.5 Å². The van der Waals surface area contributed by atoms with Crippen molar-refractivity contribution in [3.05, 3.63) is 56.6 Å². The van der Waals surface area contributed by atoms with Crippen LogP contribution in [-0.4, -0.2) is 36.0 Å². The van der Waals surface area contributed by atoms with Gasteiger partial charge < -0.3 is 18.9 Å². The number of rotatable bonds is 8. The topological polar surface area (TPSA) is 157 Å². The minimum Gasteiger partial charge on any atom is -0.490 e. The van der Waals surface area contributed by atoms with E-state index in [4.69, 9.17) is 18.9 Å². The first-order valence-corrected chi connectivity index (χ1v) is 8.83. The Labute approximate surface area is 174 Å². The average molecular weight is 432 g/mol. The molecule has 1 aliphatic rings. The van der Waals surface area contributed by atoms with Crippen molar-refractivity contribution >= 4 is 23.3 Å². The van der Waals surface area contributed by atoms with Gasteiger partial charge in [-0.15, -0.1) is 0 Å². The van der Waals surface area contributed by atoms with Gasteiger partial charge in [-0.25, -0.2) is 0 Å². The van der Waals surface area contributed by atoms with Crippen LogP contribution in [0.2, 0.25) is 0 Å². The Kier molecular flexibility index (Phi) is 6.00. The number of esters is 2. The van der Waals surface area contributed by atoms with E-state index < -0.39 is 33.6 Å². The van der Waals surface area contributed by atoms with Gasteiger partial charge in [0.1, 0.15) is 11.5 Å². The lowest BCUT2D eigenvalue weighted by molar-refractivity contribution is -0.385. The van der Waals surface area contributed by atoms with Crippen LogP contribution in [0.25, 0.3) is 0 Å². The summed E-state index contributed by atoms with van der Waals surface area (Å²) < 4.78 is 20.2. The number of nitro groups is 2. The second-order valence-corrected chi connectivity index (χ2v) is 6.47. The highest BCUT2D eigenvalue weighted by atomic mass is 16.6. The van der Waals surface area contributed by atoms with Crippen LogP contribution in [0.4, 0.5) is 11.4 Å². The van der Waals surface area contributed by atoms with Gasteiger partial charge in [-0.3, -0.25) is 29.8 Å². The first-order chi connectivity index (χ1) is 14.7. The number of hydrogen-bond donors (Lipinski definition) is 0. The van der Waals surface area contributed by atoms with E-state index in [1.54, 1.807) is 0 Å². The molecule has 2 atom stereocenters. The van der Waals surface area contributed by atoms with Gasteiger partial charge in [0.15, 0.2) is 0 Å². The fraction of sp³-hybridized carbons (Fsp3) is 0.263. The number of ether oxygens (including phenoxy) is 4. The Morgan fingerprint density at radius 3 is 1.52 bits per heavy atom. The quantitative estimate of drug-likeness (QED) is 0.263. The van der Waals surface area contributed by atoms with Crippen LogP contribution in [0, 0.1) is 32.1 Å². The summed E-state index contributed by atoms with van der Waals surface area (Å²) in [6.07, 6.45) is 0.200. The zero-order valence-electron chi connectivity index (χ0n) is 16.3. The van der Waals surface area contributed by atoms with Crippen LogP contribution < -0.4 is 18.9 Å². The lowest BCUT2D eigenvalue weighted by Gasteiger charge is -2.08. The molecule has 0 aromatic heterocycles. The van der Waals surface area contributed by atoms with Gasteiger partial charge in [0.05, 0.1) is 35.9 Å². The zero-order chi connectivity index (χ0) is 22.7. The predicted molar refractivity (Wildman–Crippen MR) is 102 cm³/mol. The van der Waals surface area contributed by atoms with E-state index in [-0.39, 0.29) is 40.8 Å². The number of carbonyl (C=O) groups is 2. The Hall–Kier alpha value is -4.22. The molecule has 0 amide bonds. The summed E-state index contributed by atoms with van der Waals surface area (Å²) in [5.74, 6) is -2.96. The van der Waals surface area contributed by atoms with Gasteiger partial charge >= 0.3 is 23.3 Å². The molecule has 162 valence electrons. The Morgan fingerprint density at radius 2 is 1.19 bits per heavy atom. The predicted octanol–water partition coefficient (Wildman–Crippen LogP) is 2.67. The van der Waals surface area contributed by atoms with Crippen molar-refractivity contribution in [2.24, 2.45) is 11.8 Å². The van der Waals surface area contributed by atoms with Crippen LogP contribution in [-0.2, 0) is 9.59 Å². The average Bonchev–Trinajstić information content (AvgIpc) is 3.54. The van der Waals surface area contributed by atoms with Crippen molar-refractivity contribution in [1.29, 1.82) is 0 Å². The van der Waals surface area contributed by atoms with E-state index in [0.29, 0.717) is 0 Å². The molecule has 1 aliphatic carbocycles. The van der Waals surface area contributed by atoms with E-state index in [1.807, 2.05) is 0 Å². The summed E-state index contributed by atoms with van der Waals surface area (Å²) in [6, 6.07) is 7.18. The number of nitrogens with zero attached hydrogens (tertiary/aromatic N) is 2. The monoisotopic (exact) mass is 432 g/mol. The molecule has 3 rings (SSSR count). The summed E-state index contributed by atoms with van der Waals surface area (Å²) in [4.78, 5) is 45.1. The molecule has 12 nitrogen and oxygen atoms in total. The number of methoxy groups -OCH3 is 2. The highest BCUT2D eigenvalue weighted by Gasteiger charge is 2.51. The molecule has 2 aromatic carbocycles. The van der Waals surface area contributed by atoms with Crippen LogP contribution in [0.15, 0.2) is 36.4 Å². The van der Waals surface area contributed by atoms with E-state index >= 15 is 0 Å². The van der Waals surface area contributed by atoms with Crippen LogP contribution in [0.3, 0.4) is 0 Å². The van der Waals surface area contributed by atoms with Crippen molar-refractivity contribution in [1.82, 2.24) is 0 Å². The summed E-state index contributed by atoms with van der Waals surface area (Å²) in [5.41, 5.74) is -0.567. The molecule has 0 bridgehead atoms. The van der Waals surface area contributed by atoms with Crippen molar-refractivity contribution < 1.29 is 38.4 Å². The van der Waals surface area contributed by atoms with E-state index in [2.05, 4.69) is 0 Å². The molecule has 0 spiro atoms. The maximum absolute atomic E-state index is 12.3. The fourth-order valence-electron chi connectivity index (χ4n) is 2.84. The minimum absolute atomic E-state index is 0.0339. The summed E-state index contributed by atoms with van der Waals surface area (Å²) in [6.45, 7) is 0. The normalized spacial score (nSPS) is 16.7. The highest BCUT2D eigenvalue weighted by Crippen LogP contribution is 2.42. The standard InChI is InChI=1S/C19H16N2O10/c1-28-16-7-10(3-5-14(16)20(24)25)30-18(22)12-9-13(12)19(23)31-11-4-6-15(21(26)27)17(8-11)29-2/h3-8,12-13H,9H2,1-2H3/t12-,13-/m1/s1. The van der Waals surface area contributed by atoms with Crippen LogP contribution in [0.1, 0.15) is 6.42 Å². The molecular weight excluding hydrogens is 416 g/mol. The molecule has 31 heavy (non-hydrogen) atoms. The third kappa shape index (κ3) is 4.69. The molecule has 1 fully saturated rings. The Bertz CT molecular complexity index is 984. The molecule has 2 aromatic rings. The largest absolute Gasteiger partial charge is 0.490 e. The lowest BCUT2D eigenvalue weighted by atomic mass is 10.2. The van der Waals surface area contributed by atoms with Crippen molar-refractivity contribution in [2.45, 2.75) is 6.42 Å². The number of carbonyl (C=O) groups excluding carboxylic acids is 2. The third-order valence-corrected chi connectivity index (χ3v) is 4.53. The van der Waals surface area contributed by atoms with E-state index in [9.17, 15) is 29.8 Å². The first kappa shape index (κ1) is 21.5. The highest BCUT2D eigenvalue weighted by molar-refractivity contribution is 5.89. The lowest BCUT2D eigenvalue weighted by Crippen LogP contribution is -2.17. The Balaban J connectivity index is 1.62. The van der Waals surface area contributed by atoms with Gasteiger partial charge in [-0.1, -0.05) is 0 Å². The molecule has 0 heterocycles. The van der Waals surface area contributed by atoms with Crippen molar-refractivity contribution in [3.8, 4) is 23.0 Å². The maximum atomic E-state index is 12.3. The zero-order valence-corrected chi connectivity index (χ0v) is 16.3. The van der Waals surface area contributed by atoms with Crippen molar-refractivity contribution in [2.75, 3.05) is 14.2 Å². The molecule has 1 saturated carbocycles. The Morgan fingerprint density at radius 1 is 0.806 bits per heavy atom. The molecular formula is C19H16N2O10. The van der Waals surface area contributed by atoms with Gasteiger partial charge in [-0.05, 0) is 18.6 Å². The SMILES string of the molecule is COc1cc(OC(=O)[C@@H]2C[C@H]2C(=O)Oc2ccc([N+](=O)[O-])c(OC)c2)ccc1[N+](=O)[O-]. The first-order valence-electron chi connectivity index (χ1n) is 8.83. The molecule has 0 N–H and O–H groups in total.